The second-order valence-corrected chi connectivity index (χ2v) is 15.0. The van der Waals surface area contributed by atoms with E-state index in [9.17, 15) is 29.2 Å². The van der Waals surface area contributed by atoms with Crippen molar-refractivity contribution in [2.45, 2.75) is 82.0 Å². The van der Waals surface area contributed by atoms with Crippen molar-refractivity contribution < 1.29 is 28.7 Å². The predicted octanol–water partition coefficient (Wildman–Crippen LogP) is 4.45. The van der Waals surface area contributed by atoms with Gasteiger partial charge in [0.25, 0.3) is 11.8 Å². The number of nitriles is 1. The minimum absolute atomic E-state index is 0.00673. The fourth-order valence-corrected chi connectivity index (χ4v) is 6.11. The van der Waals surface area contributed by atoms with E-state index in [-0.39, 0.29) is 18.1 Å². The molecule has 0 bridgehead atoms. The molecule has 4 N–H and O–H groups in total. The molecule has 2 aliphatic rings. The highest BCUT2D eigenvalue weighted by atomic mass is 35.5. The van der Waals surface area contributed by atoms with Crippen molar-refractivity contribution in [3.8, 4) is 6.07 Å². The van der Waals surface area contributed by atoms with Gasteiger partial charge in [0.2, 0.25) is 11.9 Å². The summed E-state index contributed by atoms with van der Waals surface area (Å²) in [6.07, 6.45) is 2.56. The lowest BCUT2D eigenvalue weighted by molar-refractivity contribution is -0.132. The normalized spacial score (nSPS) is 16.4. The van der Waals surface area contributed by atoms with Crippen LogP contribution in [-0.2, 0) is 31.1 Å². The van der Waals surface area contributed by atoms with Crippen LogP contribution in [0.15, 0.2) is 48.7 Å². The van der Waals surface area contributed by atoms with Gasteiger partial charge in [-0.15, -0.1) is 0 Å². The average Bonchev–Trinajstić information content (AvgIpc) is 3.98. The van der Waals surface area contributed by atoms with Gasteiger partial charge in [0, 0.05) is 29.2 Å². The number of nitrogens with one attached hydrogen (secondary N) is 4. The number of benzene rings is 2. The van der Waals surface area contributed by atoms with Crippen LogP contribution in [0.4, 0.5) is 16.4 Å². The molecule has 0 saturated heterocycles. The number of hydrogen-bond acceptors (Lipinski definition) is 9. The van der Waals surface area contributed by atoms with Gasteiger partial charge in [-0.1, -0.05) is 35.3 Å². The molecule has 2 aliphatic carbocycles. The Kier molecular flexibility index (Phi) is 10.1. The van der Waals surface area contributed by atoms with E-state index >= 15 is 0 Å². The number of rotatable bonds is 11. The summed E-state index contributed by atoms with van der Waals surface area (Å²) in [7, 11) is 1.68. The Hall–Kier alpha value is -5.13. The van der Waals surface area contributed by atoms with Crippen molar-refractivity contribution in [3.05, 3.63) is 75.5 Å². The van der Waals surface area contributed by atoms with Gasteiger partial charge in [0.15, 0.2) is 0 Å². The molecule has 14 nitrogen and oxygen atoms in total. The summed E-state index contributed by atoms with van der Waals surface area (Å²) in [5.74, 6) is -1.65. The van der Waals surface area contributed by atoms with Gasteiger partial charge in [-0.2, -0.15) is 5.26 Å². The van der Waals surface area contributed by atoms with Crippen LogP contribution in [0.2, 0.25) is 10.0 Å². The molecule has 5 rings (SSSR count). The van der Waals surface area contributed by atoms with E-state index in [0.717, 1.165) is 5.56 Å². The third-order valence-electron chi connectivity index (χ3n) is 8.67. The van der Waals surface area contributed by atoms with Crippen LogP contribution >= 0.6 is 23.2 Å². The van der Waals surface area contributed by atoms with E-state index < -0.39 is 46.0 Å². The Morgan fingerprint density at radius 1 is 0.961 bits per heavy atom. The number of hydrazine groups is 1. The fourth-order valence-electron chi connectivity index (χ4n) is 5.59. The number of ether oxygens (including phenoxy) is 1. The summed E-state index contributed by atoms with van der Waals surface area (Å²) in [6.45, 7) is 6.68. The highest BCUT2D eigenvalue weighted by Crippen LogP contribution is 2.41. The molecule has 268 valence electrons. The zero-order valence-corrected chi connectivity index (χ0v) is 30.2. The van der Waals surface area contributed by atoms with Crippen LogP contribution < -0.4 is 26.4 Å². The van der Waals surface area contributed by atoms with Gasteiger partial charge < -0.3 is 25.1 Å². The maximum Gasteiger partial charge on any atom is 0.426 e. The minimum atomic E-state index is -1.39. The predicted molar refractivity (Wildman–Crippen MR) is 188 cm³/mol. The lowest BCUT2D eigenvalue weighted by atomic mass is 9.93. The van der Waals surface area contributed by atoms with Gasteiger partial charge in [0.1, 0.15) is 34.2 Å². The first-order valence-electron chi connectivity index (χ1n) is 16.1. The Bertz CT molecular complexity index is 1900. The molecule has 16 heteroatoms. The number of nitrogens with zero attached hydrogens (tertiary/aromatic N) is 4. The number of carbonyl (C=O) groups excluding carboxylic acids is 5. The number of amides is 4. The number of carbonyl (C=O) groups is 5. The van der Waals surface area contributed by atoms with Gasteiger partial charge in [0.05, 0.1) is 17.8 Å². The Morgan fingerprint density at radius 3 is 2.08 bits per heavy atom. The van der Waals surface area contributed by atoms with Crippen LogP contribution in [-0.4, -0.2) is 63.4 Å². The number of halogens is 2. The quantitative estimate of drug-likeness (QED) is 0.163. The van der Waals surface area contributed by atoms with Gasteiger partial charge in [-0.25, -0.2) is 15.2 Å². The van der Waals surface area contributed by atoms with Gasteiger partial charge in [-0.3, -0.25) is 24.4 Å². The summed E-state index contributed by atoms with van der Waals surface area (Å²) in [5.41, 5.74) is 1.42. The van der Waals surface area contributed by atoms with E-state index in [2.05, 4.69) is 32.5 Å². The van der Waals surface area contributed by atoms with Crippen molar-refractivity contribution in [1.29, 1.82) is 5.26 Å². The average molecular weight is 738 g/mol. The second kappa shape index (κ2) is 13.9. The topological polar surface area (TPSA) is 188 Å². The zero-order chi connectivity index (χ0) is 37.4. The van der Waals surface area contributed by atoms with E-state index in [1.165, 1.54) is 10.8 Å². The van der Waals surface area contributed by atoms with E-state index in [1.54, 1.807) is 82.1 Å². The molecule has 51 heavy (non-hydrogen) atoms. The highest BCUT2D eigenvalue weighted by molar-refractivity contribution is 6.35. The largest absolute Gasteiger partial charge is 0.443 e. The maximum absolute atomic E-state index is 14.1. The molecule has 1 atom stereocenters. The van der Waals surface area contributed by atoms with Crippen molar-refractivity contribution >= 4 is 64.9 Å². The number of aromatic nitrogens is 2. The fraction of sp³-hybridized carbons (Fsp3) is 0.400. The highest BCUT2D eigenvalue weighted by Gasteiger charge is 2.58. The van der Waals surface area contributed by atoms with Crippen molar-refractivity contribution in [1.82, 2.24) is 31.0 Å². The number of imidazole rings is 1. The van der Waals surface area contributed by atoms with Gasteiger partial charge >= 0.3 is 6.09 Å². The molecule has 1 aromatic heterocycles. The molecular weight excluding hydrogens is 699 g/mol. The van der Waals surface area contributed by atoms with Gasteiger partial charge in [-0.05, 0) is 89.3 Å². The maximum atomic E-state index is 14.1. The van der Waals surface area contributed by atoms with E-state index in [1.807, 2.05) is 0 Å². The number of aldehydes is 1. The Morgan fingerprint density at radius 2 is 1.55 bits per heavy atom. The molecule has 2 saturated carbocycles. The molecule has 2 fully saturated rings. The molecule has 0 unspecified atom stereocenters. The lowest BCUT2D eigenvalue weighted by Gasteiger charge is -2.32. The van der Waals surface area contributed by atoms with Crippen LogP contribution in [0.3, 0.4) is 0 Å². The third kappa shape index (κ3) is 8.27. The molecule has 2 aromatic carbocycles. The Balaban J connectivity index is 1.41. The van der Waals surface area contributed by atoms with Crippen LogP contribution in [0, 0.1) is 11.3 Å². The first-order valence-corrected chi connectivity index (χ1v) is 16.9. The summed E-state index contributed by atoms with van der Waals surface area (Å²) >= 11 is 12.6. The molecule has 0 radical (unpaired) electrons. The molecule has 3 aromatic rings. The van der Waals surface area contributed by atoms with E-state index in [4.69, 9.17) is 27.9 Å². The minimum Gasteiger partial charge on any atom is -0.443 e. The standard InChI is InChI=1S/C35H38Cl2N8O6/c1-32(2,3)51-31(50)43-42-29(49)35(12-13-35)41-28(48)34(10-11-34)40-27(47)26-19-39-30(44(5)25-15-23(36)14-24(37)16-25)45(26)33(4,20-46)17-21-6-8-22(18-38)9-7-21/h6-9,14-16,19-20H,10-13,17H2,1-5H3,(H,40,47)(H,41,48)(H,42,49)(H,43,50)/t33-/m1/s1. The Labute approximate surface area is 304 Å². The zero-order valence-electron chi connectivity index (χ0n) is 28.7. The monoisotopic (exact) mass is 736 g/mol. The van der Waals surface area contributed by atoms with Crippen molar-refractivity contribution in [2.24, 2.45) is 0 Å². The molecule has 0 spiro atoms. The lowest BCUT2D eigenvalue weighted by Crippen LogP contribution is -2.59. The first-order chi connectivity index (χ1) is 23.9. The SMILES string of the molecule is CN(c1cc(Cl)cc(Cl)c1)c1ncc(C(=O)NC2(C(=O)NC3(C(=O)NNC(=O)OC(C)(C)C)CC3)CC2)n1[C@@](C)(C=O)Cc1ccc(C#N)cc1. The molecule has 4 amide bonds. The van der Waals surface area contributed by atoms with Crippen molar-refractivity contribution in [3.63, 3.8) is 0 Å². The summed E-state index contributed by atoms with van der Waals surface area (Å²) in [6, 6.07) is 13.7. The molecule has 1 heterocycles. The summed E-state index contributed by atoms with van der Waals surface area (Å²) < 4.78 is 6.63. The van der Waals surface area contributed by atoms with Crippen LogP contribution in [0.1, 0.15) is 75.0 Å². The van der Waals surface area contributed by atoms with Crippen LogP contribution in [0.25, 0.3) is 0 Å². The van der Waals surface area contributed by atoms with Crippen LogP contribution in [0.5, 0.6) is 0 Å². The summed E-state index contributed by atoms with van der Waals surface area (Å²) in [4.78, 5) is 71.9. The number of hydrogen-bond donors (Lipinski definition) is 4. The first kappa shape index (κ1) is 37.1. The summed E-state index contributed by atoms with van der Waals surface area (Å²) in [5, 5.41) is 15.6. The van der Waals surface area contributed by atoms with Crippen molar-refractivity contribution in [2.75, 3.05) is 11.9 Å². The number of anilines is 2. The molecular formula is C35H38Cl2N8O6. The smallest absolute Gasteiger partial charge is 0.426 e. The second-order valence-electron chi connectivity index (χ2n) is 14.1. The third-order valence-corrected chi connectivity index (χ3v) is 9.11. The van der Waals surface area contributed by atoms with E-state index in [0.29, 0.717) is 53.3 Å². The molecule has 0 aliphatic heterocycles.